The fourth-order valence-electron chi connectivity index (χ4n) is 3.97. The van der Waals surface area contributed by atoms with Gasteiger partial charge in [-0.05, 0) is 86.3 Å². The van der Waals surface area contributed by atoms with E-state index in [9.17, 15) is 4.79 Å². The predicted octanol–water partition coefficient (Wildman–Crippen LogP) is 5.61. The van der Waals surface area contributed by atoms with Gasteiger partial charge in [-0.15, -0.1) is 0 Å². The zero-order valence-electron chi connectivity index (χ0n) is 17.7. The van der Waals surface area contributed by atoms with Crippen molar-refractivity contribution in [2.45, 2.75) is 78.4 Å². The van der Waals surface area contributed by atoms with Crippen molar-refractivity contribution in [2.24, 2.45) is 0 Å². The molecule has 0 heterocycles. The minimum Gasteiger partial charge on any atom is -0.480 e. The van der Waals surface area contributed by atoms with Crippen LogP contribution in [-0.4, -0.2) is 12.0 Å². The third-order valence-electron chi connectivity index (χ3n) is 5.78. The van der Waals surface area contributed by atoms with Crippen molar-refractivity contribution in [3.63, 3.8) is 0 Å². The van der Waals surface area contributed by atoms with Crippen molar-refractivity contribution in [1.82, 2.24) is 5.32 Å². The summed E-state index contributed by atoms with van der Waals surface area (Å²) >= 11 is 0. The molecule has 0 spiro atoms. The molecule has 0 fully saturated rings. The first-order valence-corrected chi connectivity index (χ1v) is 10.7. The minimum atomic E-state index is -0.479. The summed E-state index contributed by atoms with van der Waals surface area (Å²) in [5.41, 5.74) is 6.32. The van der Waals surface area contributed by atoms with Crippen LogP contribution in [0.25, 0.3) is 0 Å². The molecule has 0 saturated heterocycles. The second kappa shape index (κ2) is 9.27. The number of carbonyl (C=O) groups excluding carboxylic acids is 1. The van der Waals surface area contributed by atoms with Crippen molar-refractivity contribution in [1.29, 1.82) is 0 Å². The van der Waals surface area contributed by atoms with E-state index in [1.165, 1.54) is 36.0 Å². The van der Waals surface area contributed by atoms with E-state index in [1.54, 1.807) is 0 Å². The quantitative estimate of drug-likeness (QED) is 0.679. The Hall–Kier alpha value is -2.29. The molecule has 2 aromatic rings. The van der Waals surface area contributed by atoms with Crippen molar-refractivity contribution in [3.8, 4) is 5.75 Å². The average molecular weight is 380 g/mol. The third-order valence-corrected chi connectivity index (χ3v) is 5.78. The van der Waals surface area contributed by atoms with Crippen LogP contribution in [0.1, 0.15) is 73.4 Å². The number of hydrogen-bond donors (Lipinski definition) is 1. The number of hydrogen-bond acceptors (Lipinski definition) is 2. The van der Waals surface area contributed by atoms with E-state index in [1.807, 2.05) is 32.9 Å². The molecule has 3 nitrogen and oxygen atoms in total. The molecule has 2 aromatic carbocycles. The number of carbonyl (C=O) groups is 1. The lowest BCUT2D eigenvalue weighted by Gasteiger charge is -2.24. The first-order chi connectivity index (χ1) is 13.5. The highest BCUT2D eigenvalue weighted by Crippen LogP contribution is 2.27. The van der Waals surface area contributed by atoms with Gasteiger partial charge in [0.2, 0.25) is 0 Å². The molecule has 28 heavy (non-hydrogen) atoms. The molecule has 3 heteroatoms. The zero-order valence-corrected chi connectivity index (χ0v) is 17.7. The molecule has 2 atom stereocenters. The molecule has 0 aliphatic heterocycles. The van der Waals surface area contributed by atoms with Crippen molar-refractivity contribution in [3.05, 3.63) is 64.2 Å². The van der Waals surface area contributed by atoms with Crippen molar-refractivity contribution < 1.29 is 9.53 Å². The van der Waals surface area contributed by atoms with Crippen LogP contribution in [0.4, 0.5) is 0 Å². The average Bonchev–Trinajstić information content (AvgIpc) is 2.72. The fourth-order valence-corrected chi connectivity index (χ4v) is 3.97. The van der Waals surface area contributed by atoms with Gasteiger partial charge in [0, 0.05) is 0 Å². The van der Waals surface area contributed by atoms with Gasteiger partial charge < -0.3 is 10.1 Å². The molecular weight excluding hydrogens is 346 g/mol. The summed E-state index contributed by atoms with van der Waals surface area (Å²) in [6, 6.07) is 12.9. The molecule has 0 bridgehead atoms. The van der Waals surface area contributed by atoms with Crippen LogP contribution in [0.15, 0.2) is 36.4 Å². The van der Waals surface area contributed by atoms with Crippen LogP contribution in [0.3, 0.4) is 0 Å². The standard InChI is InChI=1S/C25H33NO2/c1-5-22(21-14-13-19-9-7-8-10-20(19)16-21)26-25(27)23(6-2)28-24-15-17(3)11-12-18(24)4/h11-16,22-23H,5-10H2,1-4H3,(H,26,27)/t22-,23+/m0/s1. The molecule has 0 saturated carbocycles. The Morgan fingerprint density at radius 3 is 2.46 bits per heavy atom. The van der Waals surface area contributed by atoms with Crippen LogP contribution in [0.2, 0.25) is 0 Å². The van der Waals surface area contributed by atoms with E-state index in [0.29, 0.717) is 6.42 Å². The highest BCUT2D eigenvalue weighted by atomic mass is 16.5. The van der Waals surface area contributed by atoms with E-state index in [4.69, 9.17) is 4.74 Å². The van der Waals surface area contributed by atoms with Gasteiger partial charge in [0.1, 0.15) is 5.75 Å². The lowest BCUT2D eigenvalue weighted by molar-refractivity contribution is -0.129. The summed E-state index contributed by atoms with van der Waals surface area (Å²) in [7, 11) is 0. The Morgan fingerprint density at radius 2 is 1.75 bits per heavy atom. The minimum absolute atomic E-state index is 0.0241. The first-order valence-electron chi connectivity index (χ1n) is 10.7. The molecule has 0 unspecified atom stereocenters. The summed E-state index contributed by atoms with van der Waals surface area (Å²) in [6.07, 6.45) is 5.91. The highest BCUT2D eigenvalue weighted by molar-refractivity contribution is 5.81. The predicted molar refractivity (Wildman–Crippen MR) is 115 cm³/mol. The van der Waals surface area contributed by atoms with Gasteiger partial charge in [-0.1, -0.05) is 44.2 Å². The SMILES string of the molecule is CC[C@H](NC(=O)[C@@H](CC)Oc1cc(C)ccc1C)c1ccc2c(c1)CCCC2. The summed E-state index contributed by atoms with van der Waals surface area (Å²) in [6.45, 7) is 8.17. The Balaban J connectivity index is 1.72. The fraction of sp³-hybridized carbons (Fsp3) is 0.480. The van der Waals surface area contributed by atoms with Crippen LogP contribution in [-0.2, 0) is 17.6 Å². The first kappa shape index (κ1) is 20.4. The Bertz CT molecular complexity index is 827. The number of amides is 1. The maximum absolute atomic E-state index is 13.0. The van der Waals surface area contributed by atoms with Gasteiger partial charge in [0.25, 0.3) is 5.91 Å². The molecule has 1 aliphatic rings. The van der Waals surface area contributed by atoms with Gasteiger partial charge >= 0.3 is 0 Å². The van der Waals surface area contributed by atoms with E-state index in [0.717, 1.165) is 29.7 Å². The molecule has 1 amide bonds. The summed E-state index contributed by atoms with van der Waals surface area (Å²) < 4.78 is 6.10. The molecule has 150 valence electrons. The number of nitrogens with one attached hydrogen (secondary N) is 1. The summed E-state index contributed by atoms with van der Waals surface area (Å²) in [5.74, 6) is 0.761. The van der Waals surface area contributed by atoms with Gasteiger partial charge in [0.15, 0.2) is 6.10 Å². The topological polar surface area (TPSA) is 38.3 Å². The van der Waals surface area contributed by atoms with Gasteiger partial charge in [-0.3, -0.25) is 4.79 Å². The Morgan fingerprint density at radius 1 is 1.00 bits per heavy atom. The van der Waals surface area contributed by atoms with E-state index < -0.39 is 6.10 Å². The van der Waals surface area contributed by atoms with Gasteiger partial charge in [-0.25, -0.2) is 0 Å². The van der Waals surface area contributed by atoms with E-state index in [-0.39, 0.29) is 11.9 Å². The molecule has 3 rings (SSSR count). The summed E-state index contributed by atoms with van der Waals surface area (Å²) in [4.78, 5) is 13.0. The maximum Gasteiger partial charge on any atom is 0.261 e. The number of fused-ring (bicyclic) bond motifs is 1. The van der Waals surface area contributed by atoms with Crippen molar-refractivity contribution in [2.75, 3.05) is 0 Å². The monoisotopic (exact) mass is 379 g/mol. The van der Waals surface area contributed by atoms with Crippen LogP contribution in [0, 0.1) is 13.8 Å². The van der Waals surface area contributed by atoms with Crippen LogP contribution >= 0.6 is 0 Å². The third kappa shape index (κ3) is 4.76. The molecule has 1 aliphatic carbocycles. The van der Waals surface area contributed by atoms with E-state index >= 15 is 0 Å². The second-order valence-electron chi connectivity index (χ2n) is 7.99. The lowest BCUT2D eigenvalue weighted by Crippen LogP contribution is -2.40. The van der Waals surface area contributed by atoms with Crippen LogP contribution < -0.4 is 10.1 Å². The maximum atomic E-state index is 13.0. The van der Waals surface area contributed by atoms with E-state index in [2.05, 4.69) is 36.5 Å². The smallest absolute Gasteiger partial charge is 0.261 e. The Labute approximate surface area is 169 Å². The molecular formula is C25H33NO2. The largest absolute Gasteiger partial charge is 0.480 e. The second-order valence-corrected chi connectivity index (χ2v) is 7.99. The normalized spacial score (nSPS) is 15.4. The van der Waals surface area contributed by atoms with Crippen molar-refractivity contribution >= 4 is 5.91 Å². The Kier molecular flexibility index (Phi) is 6.77. The van der Waals surface area contributed by atoms with Crippen LogP contribution in [0.5, 0.6) is 5.75 Å². The number of rotatable bonds is 7. The van der Waals surface area contributed by atoms with Gasteiger partial charge in [0.05, 0.1) is 6.04 Å². The molecule has 0 radical (unpaired) electrons. The molecule has 1 N–H and O–H groups in total. The summed E-state index contributed by atoms with van der Waals surface area (Å²) in [5, 5.41) is 3.23. The highest BCUT2D eigenvalue weighted by Gasteiger charge is 2.23. The van der Waals surface area contributed by atoms with Gasteiger partial charge in [-0.2, -0.15) is 0 Å². The lowest BCUT2D eigenvalue weighted by atomic mass is 9.88. The molecule has 0 aromatic heterocycles. The number of ether oxygens (including phenoxy) is 1. The number of benzene rings is 2. The zero-order chi connectivity index (χ0) is 20.1. The number of aryl methyl sites for hydroxylation is 4.